The van der Waals surface area contributed by atoms with Crippen LogP contribution in [0, 0.1) is 0 Å². The van der Waals surface area contributed by atoms with E-state index in [1.165, 1.54) is 5.56 Å². The number of amidine groups is 1. The van der Waals surface area contributed by atoms with Crippen LogP contribution in [0.4, 0.5) is 11.4 Å². The summed E-state index contributed by atoms with van der Waals surface area (Å²) in [6, 6.07) is 22.1. The van der Waals surface area contributed by atoms with E-state index in [1.54, 1.807) is 11.9 Å². The van der Waals surface area contributed by atoms with Gasteiger partial charge in [-0.05, 0) is 24.1 Å². The van der Waals surface area contributed by atoms with E-state index < -0.39 is 5.54 Å². The quantitative estimate of drug-likeness (QED) is 0.608. The van der Waals surface area contributed by atoms with Gasteiger partial charge in [-0.25, -0.2) is 4.99 Å². The number of carbonyl (C=O) groups excluding carboxylic acids is 1. The van der Waals surface area contributed by atoms with Crippen molar-refractivity contribution >= 4 is 34.7 Å². The maximum atomic E-state index is 13.8. The van der Waals surface area contributed by atoms with Crippen molar-refractivity contribution in [3.63, 3.8) is 0 Å². The molecule has 0 N–H and O–H groups in total. The van der Waals surface area contributed by atoms with E-state index in [1.807, 2.05) is 42.5 Å². The topological polar surface area (TPSA) is 35.9 Å². The summed E-state index contributed by atoms with van der Waals surface area (Å²) in [5.74, 6) is 0.816. The van der Waals surface area contributed by atoms with Crippen LogP contribution in [-0.4, -0.2) is 25.3 Å². The number of fused-ring (bicyclic) bond motifs is 3. The van der Waals surface area contributed by atoms with Gasteiger partial charge in [0.25, 0.3) is 5.91 Å². The molecule has 5 heteroatoms. The zero-order valence-electron chi connectivity index (χ0n) is 15.9. The predicted octanol–water partition coefficient (Wildman–Crippen LogP) is 4.38. The predicted molar refractivity (Wildman–Crippen MR) is 116 cm³/mol. The molecule has 1 unspecified atom stereocenters. The van der Waals surface area contributed by atoms with Crippen molar-refractivity contribution in [2.45, 2.75) is 12.0 Å². The van der Waals surface area contributed by atoms with Crippen LogP contribution in [0.2, 0.25) is 5.02 Å². The van der Waals surface area contributed by atoms with Crippen LogP contribution in [-0.2, 0) is 16.8 Å². The van der Waals surface area contributed by atoms with Crippen molar-refractivity contribution in [2.75, 3.05) is 23.4 Å². The van der Waals surface area contributed by atoms with E-state index in [0.717, 1.165) is 46.9 Å². The van der Waals surface area contributed by atoms with Gasteiger partial charge in [0, 0.05) is 35.3 Å². The van der Waals surface area contributed by atoms with Gasteiger partial charge in [-0.3, -0.25) is 4.79 Å². The molecule has 3 aromatic carbocycles. The lowest BCUT2D eigenvalue weighted by atomic mass is 9.81. The molecule has 1 amide bonds. The summed E-state index contributed by atoms with van der Waals surface area (Å²) in [5.41, 5.74) is 5.02. The monoisotopic (exact) mass is 399 g/mol. The van der Waals surface area contributed by atoms with E-state index in [9.17, 15) is 4.79 Å². The van der Waals surface area contributed by atoms with Gasteiger partial charge in [0.15, 0.2) is 5.54 Å². The number of nitrogens with zero attached hydrogens (tertiary/aromatic N) is 3. The molecule has 6 rings (SSSR count). The number of carbonyl (C=O) groups is 1. The van der Waals surface area contributed by atoms with Gasteiger partial charge >= 0.3 is 0 Å². The molecule has 0 fully saturated rings. The number of benzene rings is 3. The van der Waals surface area contributed by atoms with Crippen molar-refractivity contribution in [3.05, 3.63) is 94.0 Å². The molecular formula is C24H18ClN3O. The third kappa shape index (κ3) is 2.04. The minimum absolute atomic E-state index is 0.0388. The number of hydrogen-bond donors (Lipinski definition) is 0. The standard InChI is InChI=1S/C24H18ClN3O/c1-27-20-14-17(25)10-11-18(20)24(23(27)29)19-9-5-8-15-12-13-28(21(15)19)22(26-24)16-6-3-2-4-7-16/h2-11,14H,12-13H2,1H3. The first-order chi connectivity index (χ1) is 14.1. The third-order valence-electron chi connectivity index (χ3n) is 6.27. The van der Waals surface area contributed by atoms with Crippen LogP contribution in [0.15, 0.2) is 71.7 Å². The van der Waals surface area contributed by atoms with E-state index >= 15 is 0 Å². The molecule has 29 heavy (non-hydrogen) atoms. The second kappa shape index (κ2) is 5.71. The summed E-state index contributed by atoms with van der Waals surface area (Å²) < 4.78 is 0. The number of halogens is 1. The largest absolute Gasteiger partial charge is 0.325 e. The van der Waals surface area contributed by atoms with E-state index in [2.05, 4.69) is 29.2 Å². The molecule has 0 radical (unpaired) electrons. The maximum Gasteiger partial charge on any atom is 0.264 e. The minimum Gasteiger partial charge on any atom is -0.325 e. The zero-order valence-corrected chi connectivity index (χ0v) is 16.6. The Balaban J connectivity index is 1.73. The Morgan fingerprint density at radius 3 is 2.66 bits per heavy atom. The van der Waals surface area contributed by atoms with Gasteiger partial charge in [0.2, 0.25) is 0 Å². The smallest absolute Gasteiger partial charge is 0.264 e. The molecule has 0 aliphatic carbocycles. The van der Waals surface area contributed by atoms with Crippen LogP contribution in [0.5, 0.6) is 0 Å². The fraction of sp³-hybridized carbons (Fsp3) is 0.167. The average Bonchev–Trinajstić information content (AvgIpc) is 3.27. The fourth-order valence-electron chi connectivity index (χ4n) is 4.97. The molecular weight excluding hydrogens is 382 g/mol. The first-order valence-corrected chi connectivity index (χ1v) is 10.1. The number of amides is 1. The van der Waals surface area contributed by atoms with Crippen LogP contribution in [0.1, 0.15) is 22.3 Å². The summed E-state index contributed by atoms with van der Waals surface area (Å²) in [6.45, 7) is 0.869. The van der Waals surface area contributed by atoms with E-state index in [-0.39, 0.29) is 5.91 Å². The van der Waals surface area contributed by atoms with Crippen molar-refractivity contribution in [2.24, 2.45) is 4.99 Å². The van der Waals surface area contributed by atoms with Crippen LogP contribution in [0.25, 0.3) is 0 Å². The lowest BCUT2D eigenvalue weighted by Crippen LogP contribution is -2.46. The molecule has 3 heterocycles. The van der Waals surface area contributed by atoms with Crippen molar-refractivity contribution in [1.82, 2.24) is 0 Å². The molecule has 1 atom stereocenters. The SMILES string of the molecule is CN1C(=O)C2(N=C(c3ccccc3)N3CCc4cccc2c43)c2ccc(Cl)cc21. The normalized spacial score (nSPS) is 21.4. The summed E-state index contributed by atoms with van der Waals surface area (Å²) >= 11 is 6.26. The first-order valence-electron chi connectivity index (χ1n) is 9.74. The second-order valence-corrected chi connectivity index (χ2v) is 8.19. The summed E-state index contributed by atoms with van der Waals surface area (Å²) in [4.78, 5) is 23.0. The van der Waals surface area contributed by atoms with Crippen LogP contribution >= 0.6 is 11.6 Å². The van der Waals surface area contributed by atoms with Gasteiger partial charge in [-0.15, -0.1) is 0 Å². The highest BCUT2D eigenvalue weighted by molar-refractivity contribution is 6.31. The van der Waals surface area contributed by atoms with Crippen molar-refractivity contribution in [1.29, 1.82) is 0 Å². The number of rotatable bonds is 1. The summed E-state index contributed by atoms with van der Waals surface area (Å²) in [6.07, 6.45) is 0.947. The van der Waals surface area contributed by atoms with E-state index in [0.29, 0.717) is 5.02 Å². The Hall–Kier alpha value is -3.11. The fourth-order valence-corrected chi connectivity index (χ4v) is 5.14. The molecule has 0 saturated carbocycles. The number of hydrogen-bond acceptors (Lipinski definition) is 3. The van der Waals surface area contributed by atoms with Gasteiger partial charge in [-0.2, -0.15) is 0 Å². The number of para-hydroxylation sites is 1. The Morgan fingerprint density at radius 1 is 1.00 bits per heavy atom. The van der Waals surface area contributed by atoms with Gasteiger partial charge < -0.3 is 9.80 Å². The Morgan fingerprint density at radius 2 is 1.83 bits per heavy atom. The number of likely N-dealkylation sites (N-methyl/N-ethyl adjacent to an activating group) is 1. The van der Waals surface area contributed by atoms with Gasteiger partial charge in [-0.1, -0.05) is 66.2 Å². The maximum absolute atomic E-state index is 13.8. The Labute approximate surface area is 174 Å². The summed E-state index contributed by atoms with van der Waals surface area (Å²) in [5, 5.41) is 0.614. The molecule has 4 nitrogen and oxygen atoms in total. The average molecular weight is 400 g/mol. The van der Waals surface area contributed by atoms with Gasteiger partial charge in [0.05, 0.1) is 11.4 Å². The first kappa shape index (κ1) is 16.8. The van der Waals surface area contributed by atoms with Crippen LogP contribution < -0.4 is 9.80 Å². The van der Waals surface area contributed by atoms with E-state index in [4.69, 9.17) is 16.6 Å². The third-order valence-corrected chi connectivity index (χ3v) is 6.51. The molecule has 3 aliphatic heterocycles. The molecule has 3 aromatic rings. The molecule has 1 spiro atoms. The number of aliphatic imine (C=N–C) groups is 1. The highest BCUT2D eigenvalue weighted by atomic mass is 35.5. The lowest BCUT2D eigenvalue weighted by molar-refractivity contribution is -0.121. The zero-order chi connectivity index (χ0) is 19.8. The number of anilines is 2. The van der Waals surface area contributed by atoms with Gasteiger partial charge in [0.1, 0.15) is 5.84 Å². The lowest BCUT2D eigenvalue weighted by Gasteiger charge is -2.37. The molecule has 0 aromatic heterocycles. The second-order valence-electron chi connectivity index (χ2n) is 7.75. The van der Waals surface area contributed by atoms with Crippen molar-refractivity contribution < 1.29 is 4.79 Å². The van der Waals surface area contributed by atoms with Crippen molar-refractivity contribution in [3.8, 4) is 0 Å². The Kier molecular flexibility index (Phi) is 3.31. The van der Waals surface area contributed by atoms with Crippen LogP contribution in [0.3, 0.4) is 0 Å². The molecule has 0 saturated heterocycles. The Bertz CT molecular complexity index is 1220. The molecule has 3 aliphatic rings. The minimum atomic E-state index is -1.08. The molecule has 0 bridgehead atoms. The molecule has 142 valence electrons. The summed E-state index contributed by atoms with van der Waals surface area (Å²) in [7, 11) is 1.81. The highest BCUT2D eigenvalue weighted by Crippen LogP contribution is 2.54. The highest BCUT2D eigenvalue weighted by Gasteiger charge is 2.56.